The van der Waals surface area contributed by atoms with Gasteiger partial charge < -0.3 is 20.9 Å². The third kappa shape index (κ3) is 4.13. The van der Waals surface area contributed by atoms with Gasteiger partial charge in [0.1, 0.15) is 16.7 Å². The van der Waals surface area contributed by atoms with Crippen molar-refractivity contribution in [1.29, 1.82) is 0 Å². The Balaban J connectivity index is 2.11. The number of benzene rings is 2. The maximum atomic E-state index is 13.2. The number of primary amides is 1. The summed E-state index contributed by atoms with van der Waals surface area (Å²) in [6, 6.07) is 3.58. The molecule has 0 radical (unpaired) electrons. The molecule has 1 unspecified atom stereocenters. The Morgan fingerprint density at radius 1 is 1.16 bits per heavy atom. The summed E-state index contributed by atoms with van der Waals surface area (Å²) in [7, 11) is -3.19. The summed E-state index contributed by atoms with van der Waals surface area (Å²) in [4.78, 5) is 22.3. The number of esters is 1. The smallest absolute Gasteiger partial charge is 0.324 e. The number of anilines is 1. The molecule has 1 heterocycles. The van der Waals surface area contributed by atoms with Gasteiger partial charge in [-0.3, -0.25) is 4.79 Å². The first-order valence-electron chi connectivity index (χ1n) is 8.66. The number of sulfonamides is 1. The van der Waals surface area contributed by atoms with E-state index in [2.05, 4.69) is 10.1 Å². The van der Waals surface area contributed by atoms with Gasteiger partial charge in [-0.05, 0) is 24.6 Å². The Hall–Kier alpha value is -2.24. The molecule has 0 saturated carbocycles. The summed E-state index contributed by atoms with van der Waals surface area (Å²) in [5.41, 5.74) is 5.41. The highest BCUT2D eigenvalue weighted by molar-refractivity contribution is 7.89. The van der Waals surface area contributed by atoms with Gasteiger partial charge >= 0.3 is 12.0 Å². The van der Waals surface area contributed by atoms with Crippen molar-refractivity contribution in [2.24, 2.45) is 5.73 Å². The van der Waals surface area contributed by atoms with Gasteiger partial charge in [-0.1, -0.05) is 40.9 Å². The summed E-state index contributed by atoms with van der Waals surface area (Å²) in [5.74, 6) is -1.38. The number of nitrogens with zero attached hydrogens (tertiary/aromatic N) is 1. The molecule has 2 aromatic carbocycles. The molecule has 1 saturated heterocycles. The van der Waals surface area contributed by atoms with Crippen molar-refractivity contribution >= 4 is 62.5 Å². The predicted molar refractivity (Wildman–Crippen MR) is 116 cm³/mol. The number of carbonyl (C=O) groups excluding carboxylic acids is 2. The highest BCUT2D eigenvalue weighted by Gasteiger charge is 2.45. The van der Waals surface area contributed by atoms with Crippen LogP contribution in [-0.2, 0) is 19.6 Å². The first-order chi connectivity index (χ1) is 14.5. The number of aromatic hydroxyl groups is 1. The SMILES string of the molecule is COC(=O)C1CCN1S(=O)(=O)c1c(Cl)ccc(-c2ccc(NC(N)=O)c(Cl)c2Cl)c1O. The van der Waals surface area contributed by atoms with Crippen LogP contribution in [0.15, 0.2) is 29.2 Å². The zero-order chi connectivity index (χ0) is 23.1. The average Bonchev–Trinajstić information content (AvgIpc) is 2.64. The minimum absolute atomic E-state index is 0.0237. The largest absolute Gasteiger partial charge is 0.506 e. The normalized spacial score (nSPS) is 16.5. The number of nitrogens with one attached hydrogen (secondary N) is 1. The fourth-order valence-corrected chi connectivity index (χ4v) is 5.84. The lowest BCUT2D eigenvalue weighted by Crippen LogP contribution is -2.55. The van der Waals surface area contributed by atoms with Crippen LogP contribution in [-0.4, -0.2) is 49.5 Å². The Kier molecular flexibility index (Phi) is 6.59. The third-order valence-electron chi connectivity index (χ3n) is 4.72. The van der Waals surface area contributed by atoms with Crippen molar-refractivity contribution in [2.45, 2.75) is 17.4 Å². The van der Waals surface area contributed by atoms with Gasteiger partial charge in [0, 0.05) is 17.7 Å². The number of phenols is 1. The number of hydrogen-bond donors (Lipinski definition) is 3. The molecule has 166 valence electrons. The number of carbonyl (C=O) groups is 2. The minimum Gasteiger partial charge on any atom is -0.506 e. The van der Waals surface area contributed by atoms with Gasteiger partial charge in [-0.15, -0.1) is 0 Å². The molecule has 1 fully saturated rings. The number of hydrogen-bond acceptors (Lipinski definition) is 6. The monoisotopic (exact) mass is 507 g/mol. The van der Waals surface area contributed by atoms with E-state index in [1.54, 1.807) is 0 Å². The van der Waals surface area contributed by atoms with Crippen molar-refractivity contribution in [1.82, 2.24) is 4.31 Å². The molecule has 4 N–H and O–H groups in total. The Morgan fingerprint density at radius 2 is 1.81 bits per heavy atom. The van der Waals surface area contributed by atoms with Crippen molar-refractivity contribution < 1.29 is 27.9 Å². The second-order valence-electron chi connectivity index (χ2n) is 6.49. The molecule has 9 nitrogen and oxygen atoms in total. The van der Waals surface area contributed by atoms with Gasteiger partial charge in [0.15, 0.2) is 0 Å². The molecule has 13 heteroatoms. The number of halogens is 3. The van der Waals surface area contributed by atoms with Crippen molar-refractivity contribution in [3.8, 4) is 16.9 Å². The van der Waals surface area contributed by atoms with Crippen LogP contribution >= 0.6 is 34.8 Å². The Labute approximate surface area is 192 Å². The third-order valence-corrected chi connectivity index (χ3v) is 8.02. The second kappa shape index (κ2) is 8.71. The lowest BCUT2D eigenvalue weighted by Gasteiger charge is -2.37. The van der Waals surface area contributed by atoms with Gasteiger partial charge in [0.05, 0.1) is 27.9 Å². The van der Waals surface area contributed by atoms with Gasteiger partial charge in [0.2, 0.25) is 10.0 Å². The van der Waals surface area contributed by atoms with Crippen molar-refractivity contribution in [3.63, 3.8) is 0 Å². The van der Waals surface area contributed by atoms with Crippen LogP contribution in [0.3, 0.4) is 0 Å². The maximum Gasteiger partial charge on any atom is 0.324 e. The molecule has 31 heavy (non-hydrogen) atoms. The highest BCUT2D eigenvalue weighted by atomic mass is 35.5. The van der Waals surface area contributed by atoms with E-state index in [1.165, 1.54) is 24.3 Å². The molecule has 1 aliphatic heterocycles. The van der Waals surface area contributed by atoms with Gasteiger partial charge in [-0.2, -0.15) is 4.31 Å². The predicted octanol–water partition coefficient (Wildman–Crippen LogP) is 3.45. The lowest BCUT2D eigenvalue weighted by molar-refractivity contribution is -0.148. The summed E-state index contributed by atoms with van der Waals surface area (Å²) in [5, 5.41) is 12.8. The molecule has 2 amide bonds. The van der Waals surface area contributed by atoms with Crippen LogP contribution in [0.25, 0.3) is 11.1 Å². The molecule has 2 aromatic rings. The van der Waals surface area contributed by atoms with Crippen LogP contribution < -0.4 is 11.1 Å². The Bertz CT molecular complexity index is 1190. The fraction of sp³-hybridized carbons (Fsp3) is 0.222. The molecular formula is C18H16Cl3N3O6S. The lowest BCUT2D eigenvalue weighted by atomic mass is 10.0. The van der Waals surface area contributed by atoms with Crippen molar-refractivity contribution in [2.75, 3.05) is 19.0 Å². The zero-order valence-corrected chi connectivity index (χ0v) is 18.9. The number of phenolic OH excluding ortho intramolecular Hbond substituents is 1. The molecule has 0 spiro atoms. The highest BCUT2D eigenvalue weighted by Crippen LogP contribution is 2.46. The quantitative estimate of drug-likeness (QED) is 0.529. The van der Waals surface area contributed by atoms with E-state index in [0.717, 1.165) is 11.4 Å². The topological polar surface area (TPSA) is 139 Å². The van der Waals surface area contributed by atoms with E-state index < -0.39 is 38.7 Å². The Morgan fingerprint density at radius 3 is 2.35 bits per heavy atom. The number of rotatable bonds is 5. The molecule has 1 atom stereocenters. The van der Waals surface area contributed by atoms with Crippen LogP contribution in [0.5, 0.6) is 5.75 Å². The molecular weight excluding hydrogens is 493 g/mol. The van der Waals surface area contributed by atoms with Crippen molar-refractivity contribution in [3.05, 3.63) is 39.3 Å². The first kappa shape index (κ1) is 23.4. The number of nitrogens with two attached hydrogens (primary N) is 1. The molecule has 0 aromatic heterocycles. The molecule has 1 aliphatic rings. The van der Waals surface area contributed by atoms with E-state index in [9.17, 15) is 23.1 Å². The summed E-state index contributed by atoms with van der Waals surface area (Å²) >= 11 is 18.6. The maximum absolute atomic E-state index is 13.2. The number of ether oxygens (including phenoxy) is 1. The molecule has 0 aliphatic carbocycles. The number of amides is 2. The van der Waals surface area contributed by atoms with E-state index in [1.807, 2.05) is 0 Å². The summed E-state index contributed by atoms with van der Waals surface area (Å²) < 4.78 is 31.8. The van der Waals surface area contributed by atoms with Gasteiger partial charge in [0.25, 0.3) is 0 Å². The minimum atomic E-state index is -4.34. The molecule has 0 bridgehead atoms. The number of methoxy groups -OCH3 is 1. The van der Waals surface area contributed by atoms with E-state index in [4.69, 9.17) is 40.5 Å². The van der Waals surface area contributed by atoms with E-state index in [0.29, 0.717) is 0 Å². The zero-order valence-electron chi connectivity index (χ0n) is 15.9. The first-order valence-corrected chi connectivity index (χ1v) is 11.2. The molecule has 3 rings (SSSR count). The van der Waals surface area contributed by atoms with E-state index >= 15 is 0 Å². The van der Waals surface area contributed by atoms with Crippen LogP contribution in [0.2, 0.25) is 15.1 Å². The van der Waals surface area contributed by atoms with Gasteiger partial charge in [-0.25, -0.2) is 13.2 Å². The standard InChI is InChI=1S/C18H16Cl3N3O6S/c1-30-17(26)12-6-7-24(12)31(28,29)16-10(19)4-2-9(15(16)25)8-3-5-11(23-18(22)27)14(21)13(8)20/h2-5,12,25H,6-7H2,1H3,(H3,22,23,27). The summed E-state index contributed by atoms with van der Waals surface area (Å²) in [6.07, 6.45) is 0.278. The van der Waals surface area contributed by atoms with Crippen LogP contribution in [0.4, 0.5) is 10.5 Å². The van der Waals surface area contributed by atoms with E-state index in [-0.39, 0.29) is 44.8 Å². The second-order valence-corrected chi connectivity index (χ2v) is 9.48. The fourth-order valence-electron chi connectivity index (χ4n) is 3.14. The number of urea groups is 1. The summed E-state index contributed by atoms with van der Waals surface area (Å²) in [6.45, 7) is 0.0577. The van der Waals surface area contributed by atoms with Crippen LogP contribution in [0, 0.1) is 0 Å². The average molecular weight is 509 g/mol. The van der Waals surface area contributed by atoms with Crippen LogP contribution in [0.1, 0.15) is 6.42 Å².